The molecule has 0 unspecified atom stereocenters. The molecule has 0 N–H and O–H groups in total. The van der Waals surface area contributed by atoms with Crippen molar-refractivity contribution in [2.45, 2.75) is 25.7 Å². The number of hydrogen-bond acceptors (Lipinski definition) is 5. The summed E-state index contributed by atoms with van der Waals surface area (Å²) in [7, 11) is 3.85. The summed E-state index contributed by atoms with van der Waals surface area (Å²) in [5, 5.41) is 1.11. The van der Waals surface area contributed by atoms with E-state index in [1.807, 2.05) is 6.07 Å². The van der Waals surface area contributed by atoms with Gasteiger partial charge in [0.05, 0.1) is 18.1 Å². The number of methoxy groups -OCH3 is 1. The van der Waals surface area contributed by atoms with Gasteiger partial charge >= 0.3 is 0 Å². The van der Waals surface area contributed by atoms with Crippen molar-refractivity contribution in [3.8, 4) is 34.3 Å². The highest BCUT2D eigenvalue weighted by Gasteiger charge is 2.30. The molecule has 2 aromatic carbocycles. The monoisotopic (exact) mass is 433 g/mol. The highest BCUT2D eigenvalue weighted by molar-refractivity contribution is 5.88. The van der Waals surface area contributed by atoms with E-state index >= 15 is 0 Å². The predicted molar refractivity (Wildman–Crippen MR) is 122 cm³/mol. The van der Waals surface area contributed by atoms with Crippen LogP contribution in [0.3, 0.4) is 0 Å². The fourth-order valence-corrected chi connectivity index (χ4v) is 5.40. The van der Waals surface area contributed by atoms with E-state index in [1.54, 1.807) is 7.11 Å². The van der Waals surface area contributed by atoms with Crippen LogP contribution in [0.1, 0.15) is 24.0 Å². The van der Waals surface area contributed by atoms with Crippen LogP contribution in [0.25, 0.3) is 22.2 Å². The van der Waals surface area contributed by atoms with Gasteiger partial charge in [0.15, 0.2) is 23.0 Å². The Morgan fingerprint density at radius 2 is 1.78 bits per heavy atom. The van der Waals surface area contributed by atoms with E-state index in [9.17, 15) is 0 Å². The third kappa shape index (κ3) is 3.16. The number of ether oxygens (including phenoxy) is 4. The first-order valence-electron chi connectivity index (χ1n) is 11.5. The van der Waals surface area contributed by atoms with Crippen molar-refractivity contribution >= 4 is 10.9 Å². The number of rotatable bonds is 5. The summed E-state index contributed by atoms with van der Waals surface area (Å²) in [6.45, 7) is 4.28. The summed E-state index contributed by atoms with van der Waals surface area (Å²) in [5.74, 6) is 3.32. The van der Waals surface area contributed by atoms with Gasteiger partial charge in [-0.1, -0.05) is 0 Å². The normalized spacial score (nSPS) is 16.8. The highest BCUT2D eigenvalue weighted by atomic mass is 16.7. The molecule has 1 saturated heterocycles. The van der Waals surface area contributed by atoms with Crippen LogP contribution in [0.15, 0.2) is 30.3 Å². The van der Waals surface area contributed by atoms with Gasteiger partial charge in [0.25, 0.3) is 0 Å². The summed E-state index contributed by atoms with van der Waals surface area (Å²) in [6, 6.07) is 10.7. The quantitative estimate of drug-likeness (QED) is 0.575. The van der Waals surface area contributed by atoms with Crippen molar-refractivity contribution in [1.29, 1.82) is 0 Å². The SMILES string of the molecule is COc1ccc2c(cc3c([n+]2C)-c2cc4c(cc2CC3)OCO4)c1OCCN1CCCC1. The minimum atomic E-state index is 0.298. The lowest BCUT2D eigenvalue weighted by Crippen LogP contribution is -2.35. The van der Waals surface area contributed by atoms with Crippen LogP contribution in [-0.2, 0) is 19.9 Å². The second-order valence-electron chi connectivity index (χ2n) is 8.87. The van der Waals surface area contributed by atoms with Gasteiger partial charge in [-0.2, -0.15) is 4.57 Å². The molecule has 3 heterocycles. The van der Waals surface area contributed by atoms with Crippen molar-refractivity contribution in [2.24, 2.45) is 7.05 Å². The summed E-state index contributed by atoms with van der Waals surface area (Å²) in [4.78, 5) is 2.47. The fourth-order valence-electron chi connectivity index (χ4n) is 5.40. The molecule has 0 amide bonds. The second-order valence-corrected chi connectivity index (χ2v) is 8.87. The maximum Gasteiger partial charge on any atom is 0.231 e. The summed E-state index contributed by atoms with van der Waals surface area (Å²) in [5.41, 5.74) is 6.24. The molecular weight excluding hydrogens is 404 g/mol. The molecule has 6 nitrogen and oxygen atoms in total. The van der Waals surface area contributed by atoms with Gasteiger partial charge in [-0.25, -0.2) is 0 Å². The van der Waals surface area contributed by atoms with Gasteiger partial charge in [0.1, 0.15) is 13.7 Å². The molecule has 0 bridgehead atoms. The van der Waals surface area contributed by atoms with E-state index < -0.39 is 0 Å². The summed E-state index contributed by atoms with van der Waals surface area (Å²) in [6.07, 6.45) is 4.55. The van der Waals surface area contributed by atoms with Crippen LogP contribution in [-0.4, -0.2) is 45.0 Å². The minimum absolute atomic E-state index is 0.298. The predicted octanol–water partition coefficient (Wildman–Crippen LogP) is 3.64. The minimum Gasteiger partial charge on any atom is -0.493 e. The van der Waals surface area contributed by atoms with Crippen molar-refractivity contribution in [3.63, 3.8) is 0 Å². The largest absolute Gasteiger partial charge is 0.493 e. The molecule has 0 spiro atoms. The average Bonchev–Trinajstić information content (AvgIpc) is 3.49. The molecule has 6 rings (SSSR count). The zero-order valence-electron chi connectivity index (χ0n) is 18.8. The number of benzene rings is 2. The van der Waals surface area contributed by atoms with Gasteiger partial charge in [-0.15, -0.1) is 0 Å². The Bertz CT molecular complexity index is 1200. The number of aromatic nitrogens is 1. The third-order valence-electron chi connectivity index (χ3n) is 7.05. The average molecular weight is 434 g/mol. The smallest absolute Gasteiger partial charge is 0.231 e. The van der Waals surface area contributed by atoms with Crippen molar-refractivity contribution in [1.82, 2.24) is 4.90 Å². The van der Waals surface area contributed by atoms with Crippen LogP contribution >= 0.6 is 0 Å². The van der Waals surface area contributed by atoms with Crippen LogP contribution in [0.5, 0.6) is 23.0 Å². The molecule has 32 heavy (non-hydrogen) atoms. The molecule has 0 radical (unpaired) electrons. The van der Waals surface area contributed by atoms with E-state index in [0.717, 1.165) is 53.3 Å². The topological polar surface area (TPSA) is 44.0 Å². The molecule has 166 valence electrons. The van der Waals surface area contributed by atoms with Gasteiger partial charge in [0, 0.05) is 18.2 Å². The maximum atomic E-state index is 6.36. The van der Waals surface area contributed by atoms with E-state index in [2.05, 4.69) is 40.8 Å². The molecule has 3 aliphatic rings. The maximum absolute atomic E-state index is 6.36. The molecule has 1 aromatic heterocycles. The summed E-state index contributed by atoms with van der Waals surface area (Å²) < 4.78 is 25.6. The Morgan fingerprint density at radius 3 is 2.59 bits per heavy atom. The molecule has 6 heteroatoms. The molecular formula is C26H29N2O4+. The summed E-state index contributed by atoms with van der Waals surface area (Å²) >= 11 is 0. The lowest BCUT2D eigenvalue weighted by molar-refractivity contribution is -0.634. The first-order valence-corrected chi connectivity index (χ1v) is 11.5. The number of likely N-dealkylation sites (tertiary alicyclic amines) is 1. The molecule has 2 aliphatic heterocycles. The molecule has 1 fully saturated rings. The van der Waals surface area contributed by atoms with Crippen molar-refractivity contribution in [3.05, 3.63) is 41.5 Å². The number of fused-ring (bicyclic) bond motifs is 5. The Balaban J connectivity index is 1.43. The van der Waals surface area contributed by atoms with Crippen LogP contribution in [0.4, 0.5) is 0 Å². The molecule has 1 aliphatic carbocycles. The van der Waals surface area contributed by atoms with E-state index in [-0.39, 0.29) is 0 Å². The van der Waals surface area contributed by atoms with Gasteiger partial charge in [-0.3, -0.25) is 4.90 Å². The lowest BCUT2D eigenvalue weighted by Gasteiger charge is -2.21. The Kier molecular flexibility index (Phi) is 4.83. The highest BCUT2D eigenvalue weighted by Crippen LogP contribution is 2.43. The zero-order valence-corrected chi connectivity index (χ0v) is 18.8. The van der Waals surface area contributed by atoms with E-state index in [0.29, 0.717) is 13.4 Å². The first-order chi connectivity index (χ1) is 15.7. The van der Waals surface area contributed by atoms with Crippen molar-refractivity contribution in [2.75, 3.05) is 40.1 Å². The molecule has 3 aromatic rings. The van der Waals surface area contributed by atoms with Crippen LogP contribution in [0.2, 0.25) is 0 Å². The van der Waals surface area contributed by atoms with E-state index in [4.69, 9.17) is 18.9 Å². The first kappa shape index (κ1) is 19.7. The number of pyridine rings is 1. The van der Waals surface area contributed by atoms with E-state index in [1.165, 1.54) is 48.3 Å². The standard InChI is InChI=1S/C26H29N2O4/c1-27-21-7-8-22(29-2)26(30-12-11-28-9-3-4-10-28)20(21)13-18-6-5-17-14-23-24(32-16-31-23)15-19(17)25(18)27/h7-8,13-15H,3-6,9-12,16H2,1-2H3/q+1. The van der Waals surface area contributed by atoms with Crippen molar-refractivity contribution < 1.29 is 23.5 Å². The van der Waals surface area contributed by atoms with Crippen LogP contribution in [0, 0.1) is 0 Å². The zero-order chi connectivity index (χ0) is 21.7. The van der Waals surface area contributed by atoms with Gasteiger partial charge < -0.3 is 18.9 Å². The molecule has 0 atom stereocenters. The second kappa shape index (κ2) is 7.85. The van der Waals surface area contributed by atoms with Crippen LogP contribution < -0.4 is 23.5 Å². The lowest BCUT2D eigenvalue weighted by atomic mass is 9.87. The molecule has 0 saturated carbocycles. The number of aryl methyl sites for hydroxylation is 3. The third-order valence-corrected chi connectivity index (χ3v) is 7.05. The van der Waals surface area contributed by atoms with Gasteiger partial charge in [0.2, 0.25) is 18.0 Å². The number of hydrogen-bond donors (Lipinski definition) is 0. The Labute approximate surface area is 188 Å². The Morgan fingerprint density at radius 1 is 1.00 bits per heavy atom. The Hall–Kier alpha value is -2.99. The van der Waals surface area contributed by atoms with Gasteiger partial charge in [-0.05, 0) is 68.6 Å². The fraction of sp³-hybridized carbons (Fsp3) is 0.423. The number of nitrogens with zero attached hydrogens (tertiary/aromatic N) is 2.